The van der Waals surface area contributed by atoms with Crippen molar-refractivity contribution in [3.8, 4) is 0 Å². The van der Waals surface area contributed by atoms with Crippen LogP contribution in [0.5, 0.6) is 0 Å². The summed E-state index contributed by atoms with van der Waals surface area (Å²) in [5, 5.41) is 3.64. The van der Waals surface area contributed by atoms with E-state index < -0.39 is 0 Å². The minimum absolute atomic E-state index is 0.0303. The lowest BCUT2D eigenvalue weighted by Crippen LogP contribution is -2.05. The Bertz CT molecular complexity index is 581. The lowest BCUT2D eigenvalue weighted by atomic mass is 10.0. The van der Waals surface area contributed by atoms with Crippen molar-refractivity contribution in [2.24, 2.45) is 0 Å². The maximum Gasteiger partial charge on any atom is 0.195 e. The van der Waals surface area contributed by atoms with Gasteiger partial charge in [0.2, 0.25) is 0 Å². The van der Waals surface area contributed by atoms with Crippen molar-refractivity contribution in [2.75, 3.05) is 12.4 Å². The molecule has 0 fully saturated rings. The number of nitrogens with one attached hydrogen (secondary N) is 1. The van der Waals surface area contributed by atoms with Crippen LogP contribution in [0.1, 0.15) is 15.9 Å². The zero-order valence-corrected chi connectivity index (χ0v) is 12.0. The second-order valence-corrected chi connectivity index (χ2v) is 5.13. The molecule has 2 aromatic carbocycles. The maximum atomic E-state index is 12.4. The number of rotatable bonds is 3. The highest BCUT2D eigenvalue weighted by Crippen LogP contribution is 2.24. The monoisotopic (exact) mass is 323 g/mol. The van der Waals surface area contributed by atoms with E-state index in [0.29, 0.717) is 16.1 Å². The number of hydrogen-bond donors (Lipinski definition) is 1. The van der Waals surface area contributed by atoms with Gasteiger partial charge in [-0.1, -0.05) is 27.5 Å². The molecule has 0 unspecified atom stereocenters. The Hall–Kier alpha value is -1.32. The van der Waals surface area contributed by atoms with Crippen molar-refractivity contribution < 1.29 is 4.79 Å². The SMILES string of the molecule is CNc1ccc(Br)cc1C(=O)c1ccc(Cl)cc1. The van der Waals surface area contributed by atoms with E-state index in [0.717, 1.165) is 10.2 Å². The van der Waals surface area contributed by atoms with Crippen molar-refractivity contribution in [2.45, 2.75) is 0 Å². The van der Waals surface area contributed by atoms with Crippen LogP contribution in [-0.4, -0.2) is 12.8 Å². The minimum atomic E-state index is -0.0303. The minimum Gasteiger partial charge on any atom is -0.388 e. The number of ketones is 1. The highest BCUT2D eigenvalue weighted by atomic mass is 79.9. The summed E-state index contributed by atoms with van der Waals surface area (Å²) in [6, 6.07) is 12.5. The highest BCUT2D eigenvalue weighted by molar-refractivity contribution is 9.10. The third-order valence-corrected chi connectivity index (χ3v) is 3.35. The largest absolute Gasteiger partial charge is 0.388 e. The molecule has 0 amide bonds. The van der Waals surface area contributed by atoms with Gasteiger partial charge in [-0.25, -0.2) is 0 Å². The second-order valence-electron chi connectivity index (χ2n) is 3.78. The zero-order chi connectivity index (χ0) is 13.1. The first-order chi connectivity index (χ1) is 8.61. The molecule has 4 heteroatoms. The van der Waals surface area contributed by atoms with Crippen LogP contribution < -0.4 is 5.32 Å². The fraction of sp³-hybridized carbons (Fsp3) is 0.0714. The lowest BCUT2D eigenvalue weighted by molar-refractivity contribution is 0.103. The van der Waals surface area contributed by atoms with Gasteiger partial charge in [0, 0.05) is 33.4 Å². The van der Waals surface area contributed by atoms with Gasteiger partial charge in [-0.05, 0) is 42.5 Å². The third kappa shape index (κ3) is 2.74. The van der Waals surface area contributed by atoms with Gasteiger partial charge in [-0.15, -0.1) is 0 Å². The molecule has 2 aromatic rings. The molecule has 1 N–H and O–H groups in total. The number of benzene rings is 2. The quantitative estimate of drug-likeness (QED) is 0.849. The van der Waals surface area contributed by atoms with E-state index in [2.05, 4.69) is 21.2 Å². The van der Waals surface area contributed by atoms with Crippen LogP contribution in [0.25, 0.3) is 0 Å². The first-order valence-electron chi connectivity index (χ1n) is 5.39. The summed E-state index contributed by atoms with van der Waals surface area (Å²) in [6.07, 6.45) is 0. The molecule has 0 heterocycles. The fourth-order valence-corrected chi connectivity index (χ4v) is 2.17. The summed E-state index contributed by atoms with van der Waals surface area (Å²) in [7, 11) is 1.79. The Morgan fingerprint density at radius 3 is 2.44 bits per heavy atom. The molecule has 92 valence electrons. The van der Waals surface area contributed by atoms with Gasteiger partial charge in [-0.2, -0.15) is 0 Å². The van der Waals surface area contributed by atoms with Crippen molar-refractivity contribution in [3.63, 3.8) is 0 Å². The average Bonchev–Trinajstić information content (AvgIpc) is 2.39. The smallest absolute Gasteiger partial charge is 0.195 e. The molecular weight excluding hydrogens is 314 g/mol. The second kappa shape index (κ2) is 5.55. The topological polar surface area (TPSA) is 29.1 Å². The molecule has 0 bridgehead atoms. The van der Waals surface area contributed by atoms with E-state index in [4.69, 9.17) is 11.6 Å². The summed E-state index contributed by atoms with van der Waals surface area (Å²) >= 11 is 9.19. The van der Waals surface area contributed by atoms with Crippen molar-refractivity contribution >= 4 is 39.0 Å². The summed E-state index contributed by atoms with van der Waals surface area (Å²) in [4.78, 5) is 12.4. The number of anilines is 1. The van der Waals surface area contributed by atoms with Crippen LogP contribution in [0.2, 0.25) is 5.02 Å². The Kier molecular flexibility index (Phi) is 4.04. The molecular formula is C14H11BrClNO. The van der Waals surface area contributed by atoms with E-state index in [-0.39, 0.29) is 5.78 Å². The van der Waals surface area contributed by atoms with Crippen LogP contribution >= 0.6 is 27.5 Å². The standard InChI is InChI=1S/C14H11BrClNO/c1-17-13-7-4-10(15)8-12(13)14(18)9-2-5-11(16)6-3-9/h2-8,17H,1H3. The molecule has 2 rings (SSSR count). The van der Waals surface area contributed by atoms with Gasteiger partial charge in [0.15, 0.2) is 5.78 Å². The first-order valence-corrected chi connectivity index (χ1v) is 6.56. The Labute approximate surface area is 119 Å². The molecule has 0 aromatic heterocycles. The van der Waals surface area contributed by atoms with Gasteiger partial charge in [0.05, 0.1) is 0 Å². The predicted octanol–water partition coefficient (Wildman–Crippen LogP) is 4.38. The van der Waals surface area contributed by atoms with Crippen LogP contribution in [0.15, 0.2) is 46.9 Å². The fourth-order valence-electron chi connectivity index (χ4n) is 1.68. The highest BCUT2D eigenvalue weighted by Gasteiger charge is 2.13. The average molecular weight is 325 g/mol. The number of carbonyl (C=O) groups excluding carboxylic acids is 1. The Balaban J connectivity index is 2.45. The first kappa shape index (κ1) is 13.1. The molecule has 0 aliphatic heterocycles. The molecule has 0 aliphatic carbocycles. The molecule has 0 aliphatic rings. The Morgan fingerprint density at radius 2 is 1.83 bits per heavy atom. The van der Waals surface area contributed by atoms with Crippen LogP contribution in [0.4, 0.5) is 5.69 Å². The van der Waals surface area contributed by atoms with E-state index in [1.165, 1.54) is 0 Å². The van der Waals surface area contributed by atoms with Crippen LogP contribution in [-0.2, 0) is 0 Å². The van der Waals surface area contributed by atoms with Crippen molar-refractivity contribution in [3.05, 3.63) is 63.1 Å². The lowest BCUT2D eigenvalue weighted by Gasteiger charge is -2.09. The molecule has 0 radical (unpaired) electrons. The Morgan fingerprint density at radius 1 is 1.17 bits per heavy atom. The molecule has 0 spiro atoms. The van der Waals surface area contributed by atoms with Gasteiger partial charge in [0.1, 0.15) is 0 Å². The number of hydrogen-bond acceptors (Lipinski definition) is 2. The molecule has 0 saturated heterocycles. The van der Waals surface area contributed by atoms with E-state index in [9.17, 15) is 4.79 Å². The van der Waals surface area contributed by atoms with E-state index >= 15 is 0 Å². The van der Waals surface area contributed by atoms with Crippen LogP contribution in [0, 0.1) is 0 Å². The number of halogens is 2. The van der Waals surface area contributed by atoms with Gasteiger partial charge in [0.25, 0.3) is 0 Å². The van der Waals surface area contributed by atoms with E-state index in [1.807, 2.05) is 18.2 Å². The number of carbonyl (C=O) groups is 1. The van der Waals surface area contributed by atoms with Gasteiger partial charge < -0.3 is 5.32 Å². The molecule has 0 atom stereocenters. The summed E-state index contributed by atoms with van der Waals surface area (Å²) in [6.45, 7) is 0. The third-order valence-electron chi connectivity index (χ3n) is 2.60. The maximum absolute atomic E-state index is 12.4. The predicted molar refractivity (Wildman–Crippen MR) is 78.6 cm³/mol. The van der Waals surface area contributed by atoms with Crippen LogP contribution in [0.3, 0.4) is 0 Å². The summed E-state index contributed by atoms with van der Waals surface area (Å²) < 4.78 is 0.874. The summed E-state index contributed by atoms with van der Waals surface area (Å²) in [5.74, 6) is -0.0303. The van der Waals surface area contributed by atoms with Crippen molar-refractivity contribution in [1.29, 1.82) is 0 Å². The molecule has 2 nitrogen and oxygen atoms in total. The summed E-state index contributed by atoms with van der Waals surface area (Å²) in [5.41, 5.74) is 2.06. The van der Waals surface area contributed by atoms with E-state index in [1.54, 1.807) is 31.3 Å². The molecule has 18 heavy (non-hydrogen) atoms. The zero-order valence-electron chi connectivity index (χ0n) is 9.71. The molecule has 0 saturated carbocycles. The van der Waals surface area contributed by atoms with Gasteiger partial charge >= 0.3 is 0 Å². The van der Waals surface area contributed by atoms with Gasteiger partial charge in [-0.3, -0.25) is 4.79 Å². The van der Waals surface area contributed by atoms with Crippen molar-refractivity contribution in [1.82, 2.24) is 0 Å². The normalized spacial score (nSPS) is 10.2.